The molecular formula is C24H24N6O4. The fourth-order valence-corrected chi connectivity index (χ4v) is 6.27. The number of imidazole rings is 1. The molecule has 0 saturated heterocycles. The van der Waals surface area contributed by atoms with Crippen molar-refractivity contribution in [3.63, 3.8) is 0 Å². The van der Waals surface area contributed by atoms with Crippen LogP contribution in [0.25, 0.3) is 11.2 Å². The van der Waals surface area contributed by atoms with Crippen LogP contribution in [0.2, 0.25) is 0 Å². The number of fused-ring (bicyclic) bond motifs is 4. The van der Waals surface area contributed by atoms with Crippen molar-refractivity contribution in [2.24, 2.45) is 17.3 Å². The molecule has 34 heavy (non-hydrogen) atoms. The highest BCUT2D eigenvalue weighted by Crippen LogP contribution is 2.82. The molecule has 1 amide bonds. The van der Waals surface area contributed by atoms with Crippen molar-refractivity contribution in [1.29, 1.82) is 0 Å². The Morgan fingerprint density at radius 1 is 1.32 bits per heavy atom. The van der Waals surface area contributed by atoms with Crippen molar-refractivity contribution in [3.8, 4) is 11.8 Å². The maximum atomic E-state index is 12.4. The summed E-state index contributed by atoms with van der Waals surface area (Å²) in [7, 11) is 1.56. The Morgan fingerprint density at radius 3 is 2.82 bits per heavy atom. The molecule has 0 radical (unpaired) electrons. The molecule has 4 fully saturated rings. The zero-order valence-corrected chi connectivity index (χ0v) is 18.5. The van der Waals surface area contributed by atoms with Crippen molar-refractivity contribution in [2.75, 3.05) is 12.4 Å². The van der Waals surface area contributed by atoms with Crippen LogP contribution in [0.3, 0.4) is 0 Å². The molecule has 0 aliphatic heterocycles. The van der Waals surface area contributed by atoms with Crippen molar-refractivity contribution < 1.29 is 19.4 Å². The second-order valence-corrected chi connectivity index (χ2v) is 9.91. The molecule has 0 aromatic carbocycles. The lowest BCUT2D eigenvalue weighted by Gasteiger charge is -2.27. The van der Waals surface area contributed by atoms with E-state index in [1.807, 2.05) is 4.57 Å². The van der Waals surface area contributed by atoms with Gasteiger partial charge < -0.3 is 29.8 Å². The van der Waals surface area contributed by atoms with Gasteiger partial charge in [-0.15, -0.1) is 0 Å². The van der Waals surface area contributed by atoms with E-state index in [0.29, 0.717) is 41.0 Å². The molecule has 3 heterocycles. The fourth-order valence-electron chi connectivity index (χ4n) is 6.27. The SMILES string of the molecule is CNC(=O)C12CC1[C@H]1[C@H](n3cnc4c(NC5CCC5)nc(C#Cc5ccco5)nc43)[C@@]1(O)[C@@H]2O. The van der Waals surface area contributed by atoms with E-state index >= 15 is 0 Å². The standard InChI is InChI=1S/C24H24N6O4/c1-25-22(32)23-10-14(23)16-18(24(16,33)21(23)31)30-11-26-17-19(27-12-4-2-5-12)28-15(29-20(17)30)8-7-13-6-3-9-34-13/h3,6,9,11-12,14,16,18,21,31,33H,2,4-5,10H2,1H3,(H,25,32)(H,27,28,29)/t14?,16-,18-,21+,23?,24+/m0/s1. The normalized spacial score (nSPS) is 35.0. The second kappa shape index (κ2) is 6.58. The van der Waals surface area contributed by atoms with Gasteiger partial charge in [-0.25, -0.2) is 15.0 Å². The smallest absolute Gasteiger partial charge is 0.229 e. The number of carbonyl (C=O) groups is 1. The summed E-state index contributed by atoms with van der Waals surface area (Å²) in [6.45, 7) is 0. The maximum absolute atomic E-state index is 12.4. The molecule has 6 atom stereocenters. The molecule has 0 spiro atoms. The van der Waals surface area contributed by atoms with Crippen molar-refractivity contribution in [1.82, 2.24) is 24.8 Å². The lowest BCUT2D eigenvalue weighted by Crippen LogP contribution is -2.45. The number of furan rings is 1. The first-order valence-electron chi connectivity index (χ1n) is 11.7. The molecule has 2 unspecified atom stereocenters. The first-order chi connectivity index (χ1) is 16.5. The van der Waals surface area contributed by atoms with Crippen LogP contribution in [0.1, 0.15) is 43.3 Å². The fraction of sp³-hybridized carbons (Fsp3) is 0.500. The minimum absolute atomic E-state index is 0.0671. The van der Waals surface area contributed by atoms with Crippen molar-refractivity contribution in [2.45, 2.75) is 49.5 Å². The second-order valence-electron chi connectivity index (χ2n) is 9.91. The van der Waals surface area contributed by atoms with Gasteiger partial charge in [0.1, 0.15) is 5.60 Å². The zero-order chi connectivity index (χ0) is 23.2. The average Bonchev–Trinajstić information content (AvgIpc) is 3.43. The molecule has 0 bridgehead atoms. The summed E-state index contributed by atoms with van der Waals surface area (Å²) in [5.74, 6) is 6.84. The number of aliphatic hydroxyl groups is 2. The molecule has 174 valence electrons. The highest BCUT2D eigenvalue weighted by atomic mass is 16.4. The third kappa shape index (κ3) is 2.43. The molecule has 4 saturated carbocycles. The Balaban J connectivity index is 1.29. The Bertz CT molecular complexity index is 1390. The molecule has 10 heteroatoms. The Hall–Kier alpha value is -3.42. The van der Waals surface area contributed by atoms with E-state index in [4.69, 9.17) is 4.42 Å². The van der Waals surface area contributed by atoms with Crippen LogP contribution >= 0.6 is 0 Å². The monoisotopic (exact) mass is 460 g/mol. The van der Waals surface area contributed by atoms with Gasteiger partial charge >= 0.3 is 0 Å². The lowest BCUT2D eigenvalue weighted by atomic mass is 9.93. The lowest BCUT2D eigenvalue weighted by molar-refractivity contribution is -0.134. The van der Waals surface area contributed by atoms with Crippen LogP contribution in [0.5, 0.6) is 0 Å². The molecular weight excluding hydrogens is 436 g/mol. The predicted molar refractivity (Wildman–Crippen MR) is 119 cm³/mol. The number of aliphatic hydroxyl groups excluding tert-OH is 1. The number of rotatable bonds is 4. The third-order valence-corrected chi connectivity index (χ3v) is 8.29. The summed E-state index contributed by atoms with van der Waals surface area (Å²) in [6, 6.07) is 3.46. The van der Waals surface area contributed by atoms with Gasteiger partial charge in [-0.1, -0.05) is 0 Å². The summed E-state index contributed by atoms with van der Waals surface area (Å²) >= 11 is 0. The molecule has 3 aromatic rings. The zero-order valence-electron chi connectivity index (χ0n) is 18.5. The third-order valence-electron chi connectivity index (χ3n) is 8.29. The van der Waals surface area contributed by atoms with Gasteiger partial charge in [0.25, 0.3) is 0 Å². The van der Waals surface area contributed by atoms with Gasteiger partial charge in [0, 0.05) is 19.0 Å². The molecule has 4 aliphatic rings. The van der Waals surface area contributed by atoms with E-state index in [2.05, 4.69) is 37.4 Å². The Labute approximate surface area is 194 Å². The summed E-state index contributed by atoms with van der Waals surface area (Å²) in [5, 5.41) is 28.6. The quantitative estimate of drug-likeness (QED) is 0.420. The Morgan fingerprint density at radius 2 is 2.18 bits per heavy atom. The maximum Gasteiger partial charge on any atom is 0.229 e. The van der Waals surface area contributed by atoms with Crippen molar-refractivity contribution in [3.05, 3.63) is 36.3 Å². The number of anilines is 1. The number of hydrogen-bond acceptors (Lipinski definition) is 8. The summed E-state index contributed by atoms with van der Waals surface area (Å²) in [4.78, 5) is 26.3. The molecule has 4 N–H and O–H groups in total. The van der Waals surface area contributed by atoms with Crippen LogP contribution in [0.4, 0.5) is 5.82 Å². The summed E-state index contributed by atoms with van der Waals surface area (Å²) in [5.41, 5.74) is -1.11. The van der Waals surface area contributed by atoms with E-state index in [9.17, 15) is 15.0 Å². The van der Waals surface area contributed by atoms with Gasteiger partial charge in [0.2, 0.25) is 11.7 Å². The predicted octanol–water partition coefficient (Wildman–Crippen LogP) is 0.812. The van der Waals surface area contributed by atoms with Crippen LogP contribution < -0.4 is 10.6 Å². The molecule has 4 aliphatic carbocycles. The number of amides is 1. The van der Waals surface area contributed by atoms with E-state index in [0.717, 1.165) is 12.8 Å². The number of nitrogens with zero attached hydrogens (tertiary/aromatic N) is 4. The van der Waals surface area contributed by atoms with Crippen LogP contribution in [0.15, 0.2) is 29.1 Å². The van der Waals surface area contributed by atoms with Gasteiger partial charge in [0.15, 0.2) is 22.7 Å². The van der Waals surface area contributed by atoms with Crippen LogP contribution in [-0.4, -0.2) is 60.4 Å². The molecule has 10 nitrogen and oxygen atoms in total. The van der Waals surface area contributed by atoms with Crippen LogP contribution in [-0.2, 0) is 4.79 Å². The average molecular weight is 460 g/mol. The minimum Gasteiger partial charge on any atom is -0.456 e. The minimum atomic E-state index is -1.38. The molecule has 3 aromatic heterocycles. The topological polar surface area (TPSA) is 138 Å². The number of hydrogen-bond donors (Lipinski definition) is 4. The first-order valence-corrected chi connectivity index (χ1v) is 11.7. The van der Waals surface area contributed by atoms with Gasteiger partial charge in [-0.3, -0.25) is 4.79 Å². The summed E-state index contributed by atoms with van der Waals surface area (Å²) < 4.78 is 7.12. The largest absolute Gasteiger partial charge is 0.456 e. The van der Waals surface area contributed by atoms with Gasteiger partial charge in [-0.2, -0.15) is 0 Å². The van der Waals surface area contributed by atoms with Gasteiger partial charge in [0.05, 0.1) is 30.2 Å². The highest BCUT2D eigenvalue weighted by Gasteiger charge is 2.91. The first kappa shape index (κ1) is 20.0. The van der Waals surface area contributed by atoms with E-state index in [1.54, 1.807) is 31.8 Å². The summed E-state index contributed by atoms with van der Waals surface area (Å²) in [6.07, 6.45) is 5.96. The van der Waals surface area contributed by atoms with E-state index in [1.165, 1.54) is 6.42 Å². The van der Waals surface area contributed by atoms with E-state index < -0.39 is 23.2 Å². The van der Waals surface area contributed by atoms with E-state index in [-0.39, 0.29) is 17.7 Å². The number of nitrogens with one attached hydrogen (secondary N) is 2. The van der Waals surface area contributed by atoms with Crippen LogP contribution in [0, 0.1) is 29.1 Å². The number of carbonyl (C=O) groups excluding carboxylic acids is 1. The highest BCUT2D eigenvalue weighted by molar-refractivity contribution is 5.89. The number of aromatic nitrogens is 4. The Kier molecular flexibility index (Phi) is 3.87. The van der Waals surface area contributed by atoms with Crippen molar-refractivity contribution >= 4 is 22.9 Å². The molecule has 7 rings (SSSR count). The van der Waals surface area contributed by atoms with Gasteiger partial charge in [-0.05, 0) is 55.6 Å².